The quantitative estimate of drug-likeness (QED) is 0.647. The van der Waals surface area contributed by atoms with Crippen LogP contribution in [0.5, 0.6) is 0 Å². The Morgan fingerprint density at radius 2 is 1.81 bits per heavy atom. The first-order chi connectivity index (χ1) is 9.68. The van der Waals surface area contributed by atoms with E-state index in [1.165, 1.54) is 0 Å². The standard InChI is InChI=1S/C16H22BClO2S/c1-11-7-6-8-14(18)13(11)9-12(10-21)17-19-15(2,3)16(4,5)20-17/h6-9,21H,10H2,1-5H3. The highest BCUT2D eigenvalue weighted by Gasteiger charge is 2.52. The van der Waals surface area contributed by atoms with Crippen LogP contribution in [-0.2, 0) is 9.31 Å². The summed E-state index contributed by atoms with van der Waals surface area (Å²) in [7, 11) is -0.386. The zero-order valence-corrected chi connectivity index (χ0v) is 14.9. The fourth-order valence-corrected chi connectivity index (χ4v) is 2.71. The molecule has 0 radical (unpaired) electrons. The molecule has 2 nitrogen and oxygen atoms in total. The monoisotopic (exact) mass is 324 g/mol. The molecule has 0 bridgehead atoms. The van der Waals surface area contributed by atoms with Crippen LogP contribution in [-0.4, -0.2) is 24.1 Å². The van der Waals surface area contributed by atoms with Crippen molar-refractivity contribution in [3.63, 3.8) is 0 Å². The minimum Gasteiger partial charge on any atom is -0.400 e. The molecule has 1 aliphatic heterocycles. The van der Waals surface area contributed by atoms with E-state index < -0.39 is 0 Å². The van der Waals surface area contributed by atoms with E-state index in [1.54, 1.807) is 0 Å². The van der Waals surface area contributed by atoms with E-state index in [4.69, 9.17) is 20.9 Å². The van der Waals surface area contributed by atoms with Crippen LogP contribution in [0.15, 0.2) is 23.7 Å². The molecule has 1 saturated heterocycles. The number of thiol groups is 1. The van der Waals surface area contributed by atoms with Crippen molar-refractivity contribution in [3.8, 4) is 0 Å². The third-order valence-corrected chi connectivity index (χ3v) is 5.03. The maximum Gasteiger partial charge on any atom is 0.491 e. The van der Waals surface area contributed by atoms with Crippen LogP contribution in [0.25, 0.3) is 6.08 Å². The molecule has 1 aromatic carbocycles. The van der Waals surface area contributed by atoms with Crippen LogP contribution < -0.4 is 0 Å². The van der Waals surface area contributed by atoms with E-state index in [0.717, 1.165) is 21.6 Å². The summed E-state index contributed by atoms with van der Waals surface area (Å²) in [5.41, 5.74) is 2.40. The number of rotatable bonds is 3. The summed E-state index contributed by atoms with van der Waals surface area (Å²) in [6, 6.07) is 5.88. The van der Waals surface area contributed by atoms with Crippen LogP contribution in [0.1, 0.15) is 38.8 Å². The topological polar surface area (TPSA) is 18.5 Å². The summed E-state index contributed by atoms with van der Waals surface area (Å²) >= 11 is 10.7. The van der Waals surface area contributed by atoms with Gasteiger partial charge in [-0.25, -0.2) is 0 Å². The molecule has 0 saturated carbocycles. The van der Waals surface area contributed by atoms with Crippen molar-refractivity contribution in [1.82, 2.24) is 0 Å². The van der Waals surface area contributed by atoms with E-state index >= 15 is 0 Å². The van der Waals surface area contributed by atoms with Gasteiger partial charge in [-0.3, -0.25) is 0 Å². The van der Waals surface area contributed by atoms with Gasteiger partial charge in [-0.2, -0.15) is 12.6 Å². The fourth-order valence-electron chi connectivity index (χ4n) is 2.20. The van der Waals surface area contributed by atoms with Gasteiger partial charge in [-0.15, -0.1) is 0 Å². The summed E-state index contributed by atoms with van der Waals surface area (Å²) < 4.78 is 12.2. The van der Waals surface area contributed by atoms with Crippen molar-refractivity contribution >= 4 is 37.4 Å². The molecule has 0 aliphatic carbocycles. The van der Waals surface area contributed by atoms with E-state index in [0.29, 0.717) is 5.75 Å². The number of hydrogen-bond acceptors (Lipinski definition) is 3. The predicted molar refractivity (Wildman–Crippen MR) is 94.1 cm³/mol. The van der Waals surface area contributed by atoms with Crippen molar-refractivity contribution in [2.75, 3.05) is 5.75 Å². The highest BCUT2D eigenvalue weighted by atomic mass is 35.5. The first-order valence-corrected chi connectivity index (χ1v) is 8.11. The van der Waals surface area contributed by atoms with Crippen LogP contribution in [0.4, 0.5) is 0 Å². The number of halogens is 1. The van der Waals surface area contributed by atoms with Gasteiger partial charge in [0.25, 0.3) is 0 Å². The Balaban J connectivity index is 2.36. The van der Waals surface area contributed by atoms with E-state index in [1.807, 2.05) is 58.9 Å². The molecule has 1 aliphatic rings. The Morgan fingerprint density at radius 1 is 1.24 bits per heavy atom. The molecule has 0 unspecified atom stereocenters. The van der Waals surface area contributed by atoms with Crippen molar-refractivity contribution < 1.29 is 9.31 Å². The van der Waals surface area contributed by atoms with Gasteiger partial charge in [0.1, 0.15) is 0 Å². The van der Waals surface area contributed by atoms with Gasteiger partial charge in [0.15, 0.2) is 0 Å². The average Bonchev–Trinajstić information content (AvgIpc) is 2.58. The van der Waals surface area contributed by atoms with Gasteiger partial charge in [0.05, 0.1) is 11.2 Å². The summed E-state index contributed by atoms with van der Waals surface area (Å²) in [5.74, 6) is 0.557. The second kappa shape index (κ2) is 6.00. The zero-order chi connectivity index (χ0) is 15.8. The number of hydrogen-bond donors (Lipinski definition) is 1. The molecule has 1 fully saturated rings. The van der Waals surface area contributed by atoms with Crippen molar-refractivity contribution in [3.05, 3.63) is 39.8 Å². The third-order valence-electron chi connectivity index (χ3n) is 4.34. The largest absolute Gasteiger partial charge is 0.491 e. The maximum absolute atomic E-state index is 6.30. The Bertz CT molecular complexity index is 533. The van der Waals surface area contributed by atoms with Crippen LogP contribution >= 0.6 is 24.2 Å². The fraction of sp³-hybridized carbons (Fsp3) is 0.500. The molecular weight excluding hydrogens is 303 g/mol. The lowest BCUT2D eigenvalue weighted by molar-refractivity contribution is 0.00578. The van der Waals surface area contributed by atoms with Crippen molar-refractivity contribution in [1.29, 1.82) is 0 Å². The Kier molecular flexibility index (Phi) is 4.84. The predicted octanol–water partition coefficient (Wildman–Crippen LogP) is 4.59. The molecule has 1 heterocycles. The highest BCUT2D eigenvalue weighted by molar-refractivity contribution is 7.80. The minimum absolute atomic E-state index is 0.352. The molecule has 0 aromatic heterocycles. The summed E-state index contributed by atoms with van der Waals surface area (Å²) in [4.78, 5) is 0. The maximum atomic E-state index is 6.30. The molecule has 114 valence electrons. The molecule has 21 heavy (non-hydrogen) atoms. The Labute approximate surface area is 138 Å². The normalized spacial score (nSPS) is 20.9. The van der Waals surface area contributed by atoms with Crippen molar-refractivity contribution in [2.24, 2.45) is 0 Å². The smallest absolute Gasteiger partial charge is 0.400 e. The molecule has 2 rings (SSSR count). The molecule has 0 spiro atoms. The highest BCUT2D eigenvalue weighted by Crippen LogP contribution is 2.39. The Hall–Kier alpha value is -0.415. The van der Waals surface area contributed by atoms with E-state index in [2.05, 4.69) is 12.6 Å². The minimum atomic E-state index is -0.386. The van der Waals surface area contributed by atoms with E-state index in [-0.39, 0.29) is 18.3 Å². The first kappa shape index (κ1) is 16.9. The van der Waals surface area contributed by atoms with Gasteiger partial charge in [-0.05, 0) is 57.3 Å². The van der Waals surface area contributed by atoms with Gasteiger partial charge in [0, 0.05) is 10.8 Å². The number of aryl methyl sites for hydroxylation is 1. The van der Waals surface area contributed by atoms with Gasteiger partial charge >= 0.3 is 7.12 Å². The summed E-state index contributed by atoms with van der Waals surface area (Å²) in [6.07, 6.45) is 2.03. The second-order valence-corrected chi connectivity index (χ2v) is 7.16. The second-order valence-electron chi connectivity index (χ2n) is 6.44. The zero-order valence-electron chi connectivity index (χ0n) is 13.2. The Morgan fingerprint density at radius 3 is 2.29 bits per heavy atom. The molecule has 0 N–H and O–H groups in total. The SMILES string of the molecule is Cc1cccc(Cl)c1C=C(CS)B1OC(C)(C)C(C)(C)O1. The lowest BCUT2D eigenvalue weighted by Gasteiger charge is -2.32. The van der Waals surface area contributed by atoms with Gasteiger partial charge in [-0.1, -0.05) is 29.8 Å². The molecule has 5 heteroatoms. The van der Waals surface area contributed by atoms with E-state index in [9.17, 15) is 0 Å². The third kappa shape index (κ3) is 3.34. The van der Waals surface area contributed by atoms with Crippen LogP contribution in [0.2, 0.25) is 5.02 Å². The molecule has 1 aromatic rings. The lowest BCUT2D eigenvalue weighted by atomic mass is 9.78. The number of benzene rings is 1. The average molecular weight is 325 g/mol. The first-order valence-electron chi connectivity index (χ1n) is 7.10. The van der Waals surface area contributed by atoms with Crippen molar-refractivity contribution in [2.45, 2.75) is 45.8 Å². The molecule has 0 amide bonds. The lowest BCUT2D eigenvalue weighted by Crippen LogP contribution is -2.41. The van der Waals surface area contributed by atoms with Crippen LogP contribution in [0, 0.1) is 6.92 Å². The van der Waals surface area contributed by atoms with Gasteiger partial charge < -0.3 is 9.31 Å². The molecule has 0 atom stereocenters. The molecular formula is C16H22BClO2S. The van der Waals surface area contributed by atoms with Crippen LogP contribution in [0.3, 0.4) is 0 Å². The summed E-state index contributed by atoms with van der Waals surface area (Å²) in [5, 5.41) is 0.728. The summed E-state index contributed by atoms with van der Waals surface area (Å²) in [6.45, 7) is 10.2. The van der Waals surface area contributed by atoms with Gasteiger partial charge in [0.2, 0.25) is 0 Å².